The van der Waals surface area contributed by atoms with E-state index in [2.05, 4.69) is 39.6 Å². The maximum Gasteiger partial charge on any atom is 0.303 e. The molecular weight excluding hydrogens is 306 g/mol. The third kappa shape index (κ3) is 6.76. The van der Waals surface area contributed by atoms with Gasteiger partial charge in [-0.15, -0.1) is 0 Å². The fraction of sp³-hybridized carbons (Fsp3) is 0.824. The van der Waals surface area contributed by atoms with Gasteiger partial charge in [0.15, 0.2) is 0 Å². The summed E-state index contributed by atoms with van der Waals surface area (Å²) in [6.07, 6.45) is 4.01. The predicted molar refractivity (Wildman–Crippen MR) is 96.1 cm³/mol. The number of nitrogens with one attached hydrogen (secondary N) is 5. The zero-order valence-corrected chi connectivity index (χ0v) is 14.8. The summed E-state index contributed by atoms with van der Waals surface area (Å²) >= 11 is 0. The van der Waals surface area contributed by atoms with Gasteiger partial charge < -0.3 is 31.7 Å². The van der Waals surface area contributed by atoms with Gasteiger partial charge in [0.25, 0.3) is 0 Å². The normalized spacial score (nSPS) is 29.9. The molecule has 0 saturated carbocycles. The molecule has 0 radical (unpaired) electrons. The Bertz CT molecular complexity index is 411. The van der Waals surface area contributed by atoms with Crippen molar-refractivity contribution >= 4 is 5.97 Å². The van der Waals surface area contributed by atoms with Crippen LogP contribution >= 0.6 is 0 Å². The van der Waals surface area contributed by atoms with Crippen molar-refractivity contribution in [3.63, 3.8) is 0 Å². The summed E-state index contributed by atoms with van der Waals surface area (Å²) in [5, 5.41) is 26.3. The van der Waals surface area contributed by atoms with Gasteiger partial charge in [0.2, 0.25) is 0 Å². The Labute approximate surface area is 145 Å². The first kappa shape index (κ1) is 19.2. The van der Waals surface area contributed by atoms with Crippen molar-refractivity contribution in [2.75, 3.05) is 52.4 Å². The molecule has 6 N–H and O–H groups in total. The van der Waals surface area contributed by atoms with Gasteiger partial charge in [-0.25, -0.2) is 0 Å². The lowest BCUT2D eigenvalue weighted by molar-refractivity contribution is -0.137. The van der Waals surface area contributed by atoms with E-state index in [1.54, 1.807) is 0 Å². The summed E-state index contributed by atoms with van der Waals surface area (Å²) in [4.78, 5) is 10.6. The predicted octanol–water partition coefficient (Wildman–Crippen LogP) is -0.525. The van der Waals surface area contributed by atoms with Crippen LogP contribution in [-0.4, -0.2) is 69.0 Å². The number of allylic oxidation sites excluding steroid dienone is 1. The van der Waals surface area contributed by atoms with Crippen LogP contribution in [0.4, 0.5) is 0 Å². The van der Waals surface area contributed by atoms with Crippen molar-refractivity contribution in [1.29, 1.82) is 0 Å². The van der Waals surface area contributed by atoms with Crippen molar-refractivity contribution in [2.24, 2.45) is 5.92 Å². The van der Waals surface area contributed by atoms with E-state index in [1.165, 1.54) is 5.70 Å². The van der Waals surface area contributed by atoms with Crippen molar-refractivity contribution in [3.8, 4) is 0 Å². The van der Waals surface area contributed by atoms with Crippen LogP contribution in [0.3, 0.4) is 0 Å². The molecule has 1 fully saturated rings. The Kier molecular flexibility index (Phi) is 7.98. The summed E-state index contributed by atoms with van der Waals surface area (Å²) in [5.74, 6) is -0.0795. The third-order valence-electron chi connectivity index (χ3n) is 4.52. The standard InChI is InChI=1S/C17H33N5O2/c1-14-10-18-5-7-20-12-17(13-21-8-6-19-11-14)9-15(22-17)3-2-4-16(23)24/h9,14,18-22H,2-8,10-13H2,1H3,(H,23,24)/t14-,17+. The second kappa shape index (κ2) is 9.98. The molecule has 7 nitrogen and oxygen atoms in total. The molecule has 0 aromatic heterocycles. The summed E-state index contributed by atoms with van der Waals surface area (Å²) in [6.45, 7) is 9.96. The topological polar surface area (TPSA) is 97.5 Å². The van der Waals surface area contributed by atoms with Gasteiger partial charge in [-0.2, -0.15) is 0 Å². The minimum Gasteiger partial charge on any atom is -0.481 e. The molecule has 2 aliphatic heterocycles. The van der Waals surface area contributed by atoms with Crippen molar-refractivity contribution in [3.05, 3.63) is 11.8 Å². The first-order chi connectivity index (χ1) is 11.6. The molecule has 0 aromatic rings. The van der Waals surface area contributed by atoms with Gasteiger partial charge >= 0.3 is 5.97 Å². The summed E-state index contributed by atoms with van der Waals surface area (Å²) < 4.78 is 0. The fourth-order valence-corrected chi connectivity index (χ4v) is 3.21. The highest BCUT2D eigenvalue weighted by molar-refractivity contribution is 5.66. The Balaban J connectivity index is 1.78. The lowest BCUT2D eigenvalue weighted by Crippen LogP contribution is -2.63. The lowest BCUT2D eigenvalue weighted by atomic mass is 9.88. The van der Waals surface area contributed by atoms with Crippen LogP contribution in [0.5, 0.6) is 0 Å². The zero-order valence-electron chi connectivity index (χ0n) is 14.8. The van der Waals surface area contributed by atoms with Gasteiger partial charge in [-0.1, -0.05) is 6.92 Å². The number of hydrogen-bond acceptors (Lipinski definition) is 6. The molecule has 0 atom stereocenters. The smallest absolute Gasteiger partial charge is 0.303 e. The van der Waals surface area contributed by atoms with Gasteiger partial charge in [0.05, 0.1) is 5.54 Å². The Morgan fingerprint density at radius 1 is 1.12 bits per heavy atom. The summed E-state index contributed by atoms with van der Waals surface area (Å²) in [6, 6.07) is 0. The third-order valence-corrected chi connectivity index (χ3v) is 4.52. The van der Waals surface area contributed by atoms with E-state index in [9.17, 15) is 4.79 Å². The van der Waals surface area contributed by atoms with Crippen LogP contribution in [0.25, 0.3) is 0 Å². The lowest BCUT2D eigenvalue weighted by Gasteiger charge is -2.43. The van der Waals surface area contributed by atoms with Gasteiger partial charge in [-0.05, 0) is 37.9 Å². The summed E-state index contributed by atoms with van der Waals surface area (Å²) in [5.41, 5.74) is 1.13. The number of rotatable bonds is 4. The first-order valence-electron chi connectivity index (χ1n) is 9.14. The van der Waals surface area contributed by atoms with Crippen LogP contribution in [0.1, 0.15) is 26.2 Å². The monoisotopic (exact) mass is 339 g/mol. The van der Waals surface area contributed by atoms with Crippen LogP contribution < -0.4 is 26.6 Å². The molecule has 24 heavy (non-hydrogen) atoms. The highest BCUT2D eigenvalue weighted by atomic mass is 16.4. The number of aliphatic carboxylic acids is 1. The highest BCUT2D eigenvalue weighted by Gasteiger charge is 2.34. The number of hydrogen-bond donors (Lipinski definition) is 6. The van der Waals surface area contributed by atoms with Gasteiger partial charge in [-0.3, -0.25) is 4.79 Å². The number of carboxylic acids is 1. The molecular formula is C17H33N5O2. The maximum atomic E-state index is 10.6. The van der Waals surface area contributed by atoms with Crippen molar-refractivity contribution in [1.82, 2.24) is 26.6 Å². The molecule has 7 heteroatoms. The van der Waals surface area contributed by atoms with Gasteiger partial charge in [0.1, 0.15) is 0 Å². The van der Waals surface area contributed by atoms with E-state index in [0.29, 0.717) is 12.3 Å². The van der Waals surface area contributed by atoms with E-state index in [1.807, 2.05) is 0 Å². The number of carboxylic acid groups (broad SMARTS) is 1. The molecule has 0 aliphatic carbocycles. The summed E-state index contributed by atoms with van der Waals surface area (Å²) in [7, 11) is 0. The molecule has 2 rings (SSSR count). The SMILES string of the molecule is C[C@H]1CNCCNC[C@]2(C=C(CCCC(=O)O)N2)CNCCNC1. The molecule has 1 saturated heterocycles. The molecule has 2 heterocycles. The Hall–Kier alpha value is -1.15. The van der Waals surface area contributed by atoms with Crippen LogP contribution in [0.15, 0.2) is 11.8 Å². The second-order valence-electron chi connectivity index (χ2n) is 7.06. The molecule has 138 valence electrons. The Morgan fingerprint density at radius 2 is 1.67 bits per heavy atom. The molecule has 1 spiro atoms. The fourth-order valence-electron chi connectivity index (χ4n) is 3.21. The first-order valence-corrected chi connectivity index (χ1v) is 9.14. The minimum absolute atomic E-state index is 0.0457. The molecule has 0 aromatic carbocycles. The van der Waals surface area contributed by atoms with Gasteiger partial charge in [0, 0.05) is 51.4 Å². The average Bonchev–Trinajstić information content (AvgIpc) is 2.50. The van der Waals surface area contributed by atoms with E-state index in [-0.39, 0.29) is 12.0 Å². The van der Waals surface area contributed by atoms with Crippen molar-refractivity contribution < 1.29 is 9.90 Å². The average molecular weight is 339 g/mol. The van der Waals surface area contributed by atoms with Crippen LogP contribution in [-0.2, 0) is 4.79 Å². The van der Waals surface area contributed by atoms with E-state index < -0.39 is 5.97 Å². The van der Waals surface area contributed by atoms with Crippen LogP contribution in [0.2, 0.25) is 0 Å². The minimum atomic E-state index is -0.722. The number of carbonyl (C=O) groups is 1. The van der Waals surface area contributed by atoms with Crippen LogP contribution in [0, 0.1) is 5.92 Å². The van der Waals surface area contributed by atoms with Crippen molar-refractivity contribution in [2.45, 2.75) is 31.7 Å². The second-order valence-corrected chi connectivity index (χ2v) is 7.06. The zero-order chi connectivity index (χ0) is 17.3. The largest absolute Gasteiger partial charge is 0.481 e. The van der Waals surface area contributed by atoms with E-state index >= 15 is 0 Å². The molecule has 0 unspecified atom stereocenters. The van der Waals surface area contributed by atoms with E-state index in [0.717, 1.165) is 58.8 Å². The molecule has 2 aliphatic rings. The maximum absolute atomic E-state index is 10.6. The molecule has 0 bridgehead atoms. The Morgan fingerprint density at radius 3 is 2.21 bits per heavy atom. The quantitative estimate of drug-likeness (QED) is 0.410. The molecule has 0 amide bonds. The van der Waals surface area contributed by atoms with E-state index in [4.69, 9.17) is 5.11 Å². The highest BCUT2D eigenvalue weighted by Crippen LogP contribution is 2.23.